The molecule has 1 aliphatic rings. The van der Waals surface area contributed by atoms with Gasteiger partial charge in [-0.15, -0.1) is 0 Å². The van der Waals surface area contributed by atoms with Crippen LogP contribution in [-0.2, 0) is 6.42 Å². The van der Waals surface area contributed by atoms with Gasteiger partial charge in [0.25, 0.3) is 5.91 Å². The molecule has 0 saturated heterocycles. The number of ether oxygens (including phenoxy) is 1. The third kappa shape index (κ3) is 4.09. The summed E-state index contributed by atoms with van der Waals surface area (Å²) < 4.78 is 5.63. The van der Waals surface area contributed by atoms with Gasteiger partial charge in [-0.05, 0) is 51.2 Å². The molecule has 0 aliphatic heterocycles. The quantitative estimate of drug-likeness (QED) is 0.847. The second-order valence-electron chi connectivity index (χ2n) is 6.46. The fourth-order valence-corrected chi connectivity index (χ4v) is 2.89. The van der Waals surface area contributed by atoms with Crippen molar-refractivity contribution in [1.29, 1.82) is 0 Å². The first-order chi connectivity index (χ1) is 12.0. The highest BCUT2D eigenvalue weighted by Gasteiger charge is 2.25. The first-order valence-corrected chi connectivity index (χ1v) is 8.47. The minimum Gasteiger partial charge on any atom is -0.492 e. The maximum atomic E-state index is 12.5. The molecule has 2 N–H and O–H groups in total. The van der Waals surface area contributed by atoms with E-state index in [1.807, 2.05) is 31.1 Å². The molecule has 0 saturated carbocycles. The van der Waals surface area contributed by atoms with Crippen LogP contribution in [0.4, 0.5) is 5.69 Å². The van der Waals surface area contributed by atoms with Gasteiger partial charge in [0.2, 0.25) is 0 Å². The van der Waals surface area contributed by atoms with Crippen LogP contribution in [0.3, 0.4) is 0 Å². The van der Waals surface area contributed by atoms with Crippen molar-refractivity contribution in [3.05, 3.63) is 47.3 Å². The van der Waals surface area contributed by atoms with Gasteiger partial charge in [0.15, 0.2) is 5.78 Å². The number of anilines is 1. The van der Waals surface area contributed by atoms with E-state index in [9.17, 15) is 9.59 Å². The highest BCUT2D eigenvalue weighted by molar-refractivity contribution is 6.13. The number of carbonyl (C=O) groups excluding carboxylic acids is 2. The molecule has 6 nitrogen and oxygen atoms in total. The van der Waals surface area contributed by atoms with Crippen LogP contribution in [0.25, 0.3) is 0 Å². The molecule has 0 atom stereocenters. The van der Waals surface area contributed by atoms with Gasteiger partial charge in [-0.2, -0.15) is 0 Å². The smallest absolute Gasteiger partial charge is 0.257 e. The summed E-state index contributed by atoms with van der Waals surface area (Å²) in [6.07, 6.45) is 3.78. The number of nitrogens with one attached hydrogen (secondary N) is 2. The molecule has 1 aromatic heterocycles. The highest BCUT2D eigenvalue weighted by Crippen LogP contribution is 2.25. The maximum absolute atomic E-state index is 12.5. The van der Waals surface area contributed by atoms with Gasteiger partial charge in [0.1, 0.15) is 12.4 Å². The van der Waals surface area contributed by atoms with Crippen molar-refractivity contribution in [2.45, 2.75) is 19.3 Å². The highest BCUT2D eigenvalue weighted by atomic mass is 16.5. The molecule has 25 heavy (non-hydrogen) atoms. The Morgan fingerprint density at radius 3 is 2.72 bits per heavy atom. The number of carbonyl (C=O) groups is 2. The number of hydrogen-bond acceptors (Lipinski definition) is 4. The van der Waals surface area contributed by atoms with E-state index in [2.05, 4.69) is 10.3 Å². The van der Waals surface area contributed by atoms with Crippen molar-refractivity contribution in [3.63, 3.8) is 0 Å². The lowest BCUT2D eigenvalue weighted by Gasteiger charge is -2.12. The van der Waals surface area contributed by atoms with Gasteiger partial charge in [-0.25, -0.2) is 0 Å². The van der Waals surface area contributed by atoms with Gasteiger partial charge < -0.3 is 19.9 Å². The van der Waals surface area contributed by atoms with Crippen molar-refractivity contribution in [1.82, 2.24) is 9.88 Å². The zero-order chi connectivity index (χ0) is 17.8. The number of nitrogens with zero attached hydrogens (tertiary/aromatic N) is 1. The minimum atomic E-state index is -0.269. The summed E-state index contributed by atoms with van der Waals surface area (Å²) in [7, 11) is 3.99. The van der Waals surface area contributed by atoms with Crippen LogP contribution in [0, 0.1) is 0 Å². The van der Waals surface area contributed by atoms with Gasteiger partial charge in [0, 0.05) is 30.5 Å². The number of Topliss-reactive ketones (excluding diaryl/α,β-unsaturated/α-hetero) is 1. The minimum absolute atomic E-state index is 0.0392. The molecule has 0 radical (unpaired) electrons. The zero-order valence-corrected chi connectivity index (χ0v) is 14.6. The number of aromatic amines is 1. The van der Waals surface area contributed by atoms with Crippen LogP contribution < -0.4 is 10.1 Å². The first kappa shape index (κ1) is 17.2. The molecule has 132 valence electrons. The van der Waals surface area contributed by atoms with Gasteiger partial charge in [-0.3, -0.25) is 9.59 Å². The molecular weight excluding hydrogens is 318 g/mol. The molecule has 1 amide bonds. The third-order valence-corrected chi connectivity index (χ3v) is 4.24. The number of H-pyrrole nitrogens is 1. The van der Waals surface area contributed by atoms with Crippen LogP contribution >= 0.6 is 0 Å². The lowest BCUT2D eigenvalue weighted by atomic mass is 9.93. The number of amides is 1. The Hall–Kier alpha value is -2.60. The number of hydrogen-bond donors (Lipinski definition) is 2. The van der Waals surface area contributed by atoms with E-state index in [0.29, 0.717) is 29.8 Å². The summed E-state index contributed by atoms with van der Waals surface area (Å²) in [6, 6.07) is 7.24. The summed E-state index contributed by atoms with van der Waals surface area (Å²) >= 11 is 0. The Morgan fingerprint density at radius 1 is 1.24 bits per heavy atom. The van der Waals surface area contributed by atoms with Crippen LogP contribution in [-0.4, -0.2) is 48.8 Å². The van der Waals surface area contributed by atoms with E-state index >= 15 is 0 Å². The Balaban J connectivity index is 1.64. The number of benzene rings is 1. The second kappa shape index (κ2) is 7.53. The van der Waals surface area contributed by atoms with E-state index in [1.54, 1.807) is 18.3 Å². The van der Waals surface area contributed by atoms with E-state index in [-0.39, 0.29) is 11.7 Å². The normalized spacial score (nSPS) is 13.6. The van der Waals surface area contributed by atoms with E-state index in [0.717, 1.165) is 30.8 Å². The Bertz CT molecular complexity index is 763. The molecule has 1 aliphatic carbocycles. The standard InChI is InChI=1S/C19H23N3O3/c1-22(2)10-11-25-14-8-6-13(7-9-14)21-19(24)15-12-20-16-4-3-5-17(23)18(15)16/h6-9,12,20H,3-5,10-11H2,1-2H3,(H,21,24). The van der Waals surface area contributed by atoms with Crippen LogP contribution in [0.2, 0.25) is 0 Å². The number of likely N-dealkylation sites (N-methyl/N-ethyl adjacent to an activating group) is 1. The number of rotatable bonds is 6. The maximum Gasteiger partial charge on any atom is 0.257 e. The van der Waals surface area contributed by atoms with Gasteiger partial charge in [0.05, 0.1) is 11.1 Å². The van der Waals surface area contributed by atoms with Gasteiger partial charge >= 0.3 is 0 Å². The molecule has 2 aromatic rings. The average Bonchev–Trinajstić information content (AvgIpc) is 3.02. The summed E-state index contributed by atoms with van der Waals surface area (Å²) in [5.74, 6) is 0.528. The lowest BCUT2D eigenvalue weighted by molar-refractivity contribution is 0.0956. The fourth-order valence-electron chi connectivity index (χ4n) is 2.89. The molecule has 0 fully saturated rings. The van der Waals surface area contributed by atoms with Crippen LogP contribution in [0.5, 0.6) is 5.75 Å². The number of ketones is 1. The molecule has 1 heterocycles. The van der Waals surface area contributed by atoms with Crippen LogP contribution in [0.15, 0.2) is 30.5 Å². The zero-order valence-electron chi connectivity index (χ0n) is 14.6. The molecule has 0 spiro atoms. The van der Waals surface area contributed by atoms with Crippen molar-refractivity contribution >= 4 is 17.4 Å². The average molecular weight is 341 g/mol. The van der Waals surface area contributed by atoms with Crippen molar-refractivity contribution in [3.8, 4) is 5.75 Å². The molecular formula is C19H23N3O3. The lowest BCUT2D eigenvalue weighted by Crippen LogP contribution is -2.19. The fraction of sp³-hybridized carbons (Fsp3) is 0.368. The first-order valence-electron chi connectivity index (χ1n) is 8.47. The monoisotopic (exact) mass is 341 g/mol. The Kier molecular flexibility index (Phi) is 5.19. The van der Waals surface area contributed by atoms with Gasteiger partial charge in [-0.1, -0.05) is 0 Å². The van der Waals surface area contributed by atoms with Crippen molar-refractivity contribution in [2.24, 2.45) is 0 Å². The summed E-state index contributed by atoms with van der Waals surface area (Å²) in [5, 5.41) is 2.84. The molecule has 0 unspecified atom stereocenters. The van der Waals surface area contributed by atoms with Crippen molar-refractivity contribution in [2.75, 3.05) is 32.6 Å². The second-order valence-corrected chi connectivity index (χ2v) is 6.46. The van der Waals surface area contributed by atoms with E-state index in [1.165, 1.54) is 0 Å². The Morgan fingerprint density at radius 2 is 2.00 bits per heavy atom. The van der Waals surface area contributed by atoms with E-state index in [4.69, 9.17) is 4.74 Å². The van der Waals surface area contributed by atoms with Crippen molar-refractivity contribution < 1.29 is 14.3 Å². The number of aryl methyl sites for hydroxylation is 1. The molecule has 1 aromatic carbocycles. The molecule has 3 rings (SSSR count). The third-order valence-electron chi connectivity index (χ3n) is 4.24. The van der Waals surface area contributed by atoms with E-state index < -0.39 is 0 Å². The predicted molar refractivity (Wildman–Crippen MR) is 96.5 cm³/mol. The summed E-state index contributed by atoms with van der Waals surface area (Å²) in [4.78, 5) is 29.7. The molecule has 0 bridgehead atoms. The number of fused-ring (bicyclic) bond motifs is 1. The summed E-state index contributed by atoms with van der Waals surface area (Å²) in [5.41, 5.74) is 2.51. The molecule has 6 heteroatoms. The summed E-state index contributed by atoms with van der Waals surface area (Å²) in [6.45, 7) is 1.45. The topological polar surface area (TPSA) is 74.4 Å². The number of aromatic nitrogens is 1. The predicted octanol–water partition coefficient (Wildman–Crippen LogP) is 2.73. The Labute approximate surface area is 147 Å². The SMILES string of the molecule is CN(C)CCOc1ccc(NC(=O)c2c[nH]c3c2C(=O)CCC3)cc1. The van der Waals surface area contributed by atoms with Crippen LogP contribution in [0.1, 0.15) is 39.3 Å². The largest absolute Gasteiger partial charge is 0.492 e.